The molecule has 2 aromatic rings. The molecule has 0 unspecified atom stereocenters. The zero-order valence-corrected chi connectivity index (χ0v) is 10.4. The molecule has 3 heteroatoms. The normalized spacial score (nSPS) is 17.8. The van der Waals surface area contributed by atoms with Gasteiger partial charge in [0.1, 0.15) is 5.52 Å². The van der Waals surface area contributed by atoms with Gasteiger partial charge < -0.3 is 4.42 Å². The highest BCUT2D eigenvalue weighted by Gasteiger charge is 2.30. The summed E-state index contributed by atoms with van der Waals surface area (Å²) in [6, 6.07) is 8.56. The molecule has 1 heterocycles. The van der Waals surface area contributed by atoms with Gasteiger partial charge in [0.2, 0.25) is 5.89 Å². The first kappa shape index (κ1) is 10.8. The average Bonchev–Trinajstić information content (AvgIpc) is 3.08. The highest BCUT2D eigenvalue weighted by atomic mass is 16.3. The molecule has 1 aliphatic carbocycles. The number of benzene rings is 1. The Balaban J connectivity index is 1.75. The molecular weight excluding hydrogens is 212 g/mol. The summed E-state index contributed by atoms with van der Waals surface area (Å²) in [5.74, 6) is 1.70. The number of hydrogen-bond acceptors (Lipinski definition) is 3. The fourth-order valence-electron chi connectivity index (χ4n) is 2.28. The van der Waals surface area contributed by atoms with Gasteiger partial charge in [0.15, 0.2) is 5.58 Å². The van der Waals surface area contributed by atoms with Crippen molar-refractivity contribution in [1.82, 2.24) is 9.88 Å². The summed E-state index contributed by atoms with van der Waals surface area (Å²) in [6.07, 6.45) is 2.75. The molecule has 3 nitrogen and oxygen atoms in total. The summed E-state index contributed by atoms with van der Waals surface area (Å²) < 4.78 is 5.74. The number of fused-ring (bicyclic) bond motifs is 1. The SMILES string of the molecule is C[C@@H](C1CC1)N(C)Cc1nc2ccccc2o1. The summed E-state index contributed by atoms with van der Waals surface area (Å²) in [5.41, 5.74) is 1.84. The molecule has 0 bridgehead atoms. The molecule has 1 saturated carbocycles. The predicted octanol–water partition coefficient (Wildman–Crippen LogP) is 3.06. The molecule has 1 atom stereocenters. The van der Waals surface area contributed by atoms with Crippen molar-refractivity contribution in [2.24, 2.45) is 5.92 Å². The molecule has 17 heavy (non-hydrogen) atoms. The van der Waals surface area contributed by atoms with Gasteiger partial charge in [0.25, 0.3) is 0 Å². The lowest BCUT2D eigenvalue weighted by molar-refractivity contribution is 0.208. The highest BCUT2D eigenvalue weighted by molar-refractivity contribution is 5.72. The van der Waals surface area contributed by atoms with E-state index in [1.807, 2.05) is 24.3 Å². The second-order valence-corrected chi connectivity index (χ2v) is 5.07. The predicted molar refractivity (Wildman–Crippen MR) is 67.7 cm³/mol. The number of nitrogens with zero attached hydrogens (tertiary/aromatic N) is 2. The molecule has 1 aromatic carbocycles. The van der Waals surface area contributed by atoms with E-state index in [4.69, 9.17) is 4.42 Å². The van der Waals surface area contributed by atoms with Crippen LogP contribution in [0.2, 0.25) is 0 Å². The zero-order chi connectivity index (χ0) is 11.8. The molecule has 1 aromatic heterocycles. The first-order chi connectivity index (χ1) is 8.24. The maximum atomic E-state index is 5.74. The standard InChI is InChI=1S/C14H18N2O/c1-10(11-7-8-11)16(2)9-14-15-12-5-3-4-6-13(12)17-14/h3-6,10-11H,7-9H2,1-2H3/t10-/m0/s1. The van der Waals surface area contributed by atoms with Crippen LogP contribution in [0.15, 0.2) is 28.7 Å². The van der Waals surface area contributed by atoms with Crippen molar-refractivity contribution in [2.75, 3.05) is 7.05 Å². The van der Waals surface area contributed by atoms with Gasteiger partial charge in [-0.05, 0) is 44.9 Å². The Bertz CT molecular complexity index is 483. The summed E-state index contributed by atoms with van der Waals surface area (Å²) in [7, 11) is 2.15. The largest absolute Gasteiger partial charge is 0.439 e. The number of oxazole rings is 1. The Morgan fingerprint density at radius 3 is 2.88 bits per heavy atom. The lowest BCUT2D eigenvalue weighted by Gasteiger charge is -2.22. The molecule has 0 radical (unpaired) electrons. The molecule has 90 valence electrons. The van der Waals surface area contributed by atoms with Gasteiger partial charge >= 0.3 is 0 Å². The van der Waals surface area contributed by atoms with E-state index in [0.717, 1.165) is 29.5 Å². The molecule has 0 aliphatic heterocycles. The van der Waals surface area contributed by atoms with Crippen molar-refractivity contribution in [1.29, 1.82) is 0 Å². The molecule has 1 fully saturated rings. The van der Waals surface area contributed by atoms with Crippen LogP contribution in [0.4, 0.5) is 0 Å². The zero-order valence-electron chi connectivity index (χ0n) is 10.4. The van der Waals surface area contributed by atoms with Crippen LogP contribution >= 0.6 is 0 Å². The number of para-hydroxylation sites is 2. The first-order valence-corrected chi connectivity index (χ1v) is 6.29. The van der Waals surface area contributed by atoms with Crippen molar-refractivity contribution in [3.05, 3.63) is 30.2 Å². The van der Waals surface area contributed by atoms with Crippen molar-refractivity contribution in [3.63, 3.8) is 0 Å². The molecule has 0 saturated heterocycles. The smallest absolute Gasteiger partial charge is 0.209 e. The number of aromatic nitrogens is 1. The average molecular weight is 230 g/mol. The van der Waals surface area contributed by atoms with E-state index in [0.29, 0.717) is 6.04 Å². The summed E-state index contributed by atoms with van der Waals surface area (Å²) in [6.45, 7) is 3.09. The van der Waals surface area contributed by atoms with Crippen LogP contribution in [0, 0.1) is 5.92 Å². The van der Waals surface area contributed by atoms with Gasteiger partial charge in [-0.15, -0.1) is 0 Å². The van der Waals surface area contributed by atoms with Crippen molar-refractivity contribution in [2.45, 2.75) is 32.4 Å². The Hall–Kier alpha value is -1.35. The highest BCUT2D eigenvalue weighted by Crippen LogP contribution is 2.35. The van der Waals surface area contributed by atoms with E-state index in [1.54, 1.807) is 0 Å². The third-order valence-corrected chi connectivity index (χ3v) is 3.72. The molecule has 0 N–H and O–H groups in total. The minimum atomic E-state index is 0.630. The summed E-state index contributed by atoms with van der Waals surface area (Å²) in [4.78, 5) is 6.84. The van der Waals surface area contributed by atoms with Crippen molar-refractivity contribution < 1.29 is 4.42 Å². The maximum absolute atomic E-state index is 5.74. The Morgan fingerprint density at radius 2 is 2.18 bits per heavy atom. The van der Waals surface area contributed by atoms with Gasteiger partial charge in [0.05, 0.1) is 6.54 Å². The van der Waals surface area contributed by atoms with Gasteiger partial charge in [0, 0.05) is 6.04 Å². The minimum absolute atomic E-state index is 0.630. The van der Waals surface area contributed by atoms with Gasteiger partial charge in [-0.1, -0.05) is 12.1 Å². The van der Waals surface area contributed by atoms with Crippen LogP contribution in [0.1, 0.15) is 25.7 Å². The summed E-state index contributed by atoms with van der Waals surface area (Å²) in [5, 5.41) is 0. The van der Waals surface area contributed by atoms with Gasteiger partial charge in [-0.3, -0.25) is 4.90 Å². The second kappa shape index (κ2) is 4.15. The van der Waals surface area contributed by atoms with Crippen LogP contribution in [-0.4, -0.2) is 23.0 Å². The maximum Gasteiger partial charge on any atom is 0.209 e. The Kier molecular flexibility index (Phi) is 2.63. The van der Waals surface area contributed by atoms with Crippen LogP contribution in [0.3, 0.4) is 0 Å². The van der Waals surface area contributed by atoms with E-state index >= 15 is 0 Å². The lowest BCUT2D eigenvalue weighted by atomic mass is 10.2. The summed E-state index contributed by atoms with van der Waals surface area (Å²) >= 11 is 0. The van der Waals surface area contributed by atoms with Crippen LogP contribution in [0.25, 0.3) is 11.1 Å². The Labute approximate surface area is 101 Å². The first-order valence-electron chi connectivity index (χ1n) is 6.29. The van der Waals surface area contributed by atoms with Crippen LogP contribution in [0.5, 0.6) is 0 Å². The molecular formula is C14H18N2O. The second-order valence-electron chi connectivity index (χ2n) is 5.07. The van der Waals surface area contributed by atoms with E-state index in [9.17, 15) is 0 Å². The van der Waals surface area contributed by atoms with Gasteiger partial charge in [-0.25, -0.2) is 4.98 Å². The third-order valence-electron chi connectivity index (χ3n) is 3.72. The van der Waals surface area contributed by atoms with Crippen molar-refractivity contribution >= 4 is 11.1 Å². The fraction of sp³-hybridized carbons (Fsp3) is 0.500. The monoisotopic (exact) mass is 230 g/mol. The molecule has 0 spiro atoms. The van der Waals surface area contributed by atoms with E-state index in [1.165, 1.54) is 12.8 Å². The quantitative estimate of drug-likeness (QED) is 0.808. The molecule has 0 amide bonds. The van der Waals surface area contributed by atoms with E-state index < -0.39 is 0 Å². The molecule has 3 rings (SSSR count). The van der Waals surface area contributed by atoms with E-state index in [2.05, 4.69) is 23.9 Å². The van der Waals surface area contributed by atoms with Crippen LogP contribution in [-0.2, 0) is 6.54 Å². The van der Waals surface area contributed by atoms with Gasteiger partial charge in [-0.2, -0.15) is 0 Å². The lowest BCUT2D eigenvalue weighted by Crippen LogP contribution is -2.30. The Morgan fingerprint density at radius 1 is 1.41 bits per heavy atom. The number of rotatable bonds is 4. The topological polar surface area (TPSA) is 29.3 Å². The number of hydrogen-bond donors (Lipinski definition) is 0. The minimum Gasteiger partial charge on any atom is -0.439 e. The fourth-order valence-corrected chi connectivity index (χ4v) is 2.28. The third kappa shape index (κ3) is 2.20. The van der Waals surface area contributed by atoms with E-state index in [-0.39, 0.29) is 0 Å². The van der Waals surface area contributed by atoms with Crippen LogP contribution < -0.4 is 0 Å². The van der Waals surface area contributed by atoms with Crippen molar-refractivity contribution in [3.8, 4) is 0 Å². The molecule has 1 aliphatic rings.